The van der Waals surface area contributed by atoms with Crippen LogP contribution in [0.1, 0.15) is 25.3 Å². The smallest absolute Gasteiger partial charge is 0.377 e. The molecule has 0 N–H and O–H groups in total. The van der Waals surface area contributed by atoms with Crippen LogP contribution in [-0.2, 0) is 23.2 Å². The van der Waals surface area contributed by atoms with E-state index in [2.05, 4.69) is 11.5 Å². The summed E-state index contributed by atoms with van der Waals surface area (Å²) in [7, 11) is -2.35. The molecule has 0 bridgehead atoms. The lowest BCUT2D eigenvalue weighted by Gasteiger charge is -2.09. The molecule has 0 saturated carbocycles. The van der Waals surface area contributed by atoms with Crippen LogP contribution >= 0.6 is 11.3 Å². The predicted molar refractivity (Wildman–Crippen MR) is 157 cm³/mol. The number of hydrogen-bond donors (Lipinski definition) is 0. The maximum atomic E-state index is 13.2. The summed E-state index contributed by atoms with van der Waals surface area (Å²) in [6, 6.07) is 21.5. The second kappa shape index (κ2) is 11.4. The summed E-state index contributed by atoms with van der Waals surface area (Å²) in [6.45, 7) is 7.22. The Labute approximate surface area is 241 Å². The van der Waals surface area contributed by atoms with Crippen LogP contribution in [0.2, 0.25) is 0 Å². The van der Waals surface area contributed by atoms with Crippen LogP contribution in [0.4, 0.5) is 5.69 Å². The van der Waals surface area contributed by atoms with E-state index in [9.17, 15) is 17.8 Å². The van der Waals surface area contributed by atoms with Crippen LogP contribution in [0, 0.1) is 6.92 Å². The van der Waals surface area contributed by atoms with Crippen LogP contribution in [0.25, 0.3) is 23.1 Å². The summed E-state index contributed by atoms with van der Waals surface area (Å²) in [5.74, 6) is 2.06. The summed E-state index contributed by atoms with van der Waals surface area (Å²) in [6.07, 6.45) is 1.95. The first-order valence-corrected chi connectivity index (χ1v) is 15.2. The predicted octanol–water partition coefficient (Wildman–Crippen LogP) is 3.31. The molecule has 3 aromatic carbocycles. The normalized spacial score (nSPS) is 14.6. The summed E-state index contributed by atoms with van der Waals surface area (Å²) in [5, 5.41) is 0. The van der Waals surface area contributed by atoms with Crippen molar-refractivity contribution in [1.29, 1.82) is 0 Å². The van der Waals surface area contributed by atoms with Gasteiger partial charge in [0.25, 0.3) is 11.1 Å². The Kier molecular flexibility index (Phi) is 7.85. The highest BCUT2D eigenvalue weighted by atomic mass is 32.2. The standard InChI is InChI=1S/C23H22N3O3S.C7H8O3S/c1-4-25-16-11-7-9-13-18(16)28-19(25)14-20-26(5-2)22(27)21(30-20)23-24(3)15-10-6-8-12-17(15)29-23;1-6-2-4-7(5-3-6)11(8,9)10/h6-14H,4-5H2,1-3H3;2-5H,1H3,(H,8,9,10)/q+1;/p-1/b23-21-;. The Balaban J connectivity index is 0.000000259. The van der Waals surface area contributed by atoms with Crippen molar-refractivity contribution in [3.05, 3.63) is 104 Å². The molecule has 0 atom stereocenters. The van der Waals surface area contributed by atoms with Gasteiger partial charge in [-0.2, -0.15) is 4.57 Å². The molecular weight excluding hydrogens is 562 g/mol. The van der Waals surface area contributed by atoms with Gasteiger partial charge < -0.3 is 18.6 Å². The number of hydrogen-bond acceptors (Lipinski definition) is 8. The first-order chi connectivity index (χ1) is 19.6. The van der Waals surface area contributed by atoms with Crippen molar-refractivity contribution in [2.45, 2.75) is 38.8 Å². The molecule has 2 aromatic heterocycles. The number of benzene rings is 3. The molecule has 11 heteroatoms. The van der Waals surface area contributed by atoms with Gasteiger partial charge in [0.05, 0.1) is 16.7 Å². The van der Waals surface area contributed by atoms with Crippen LogP contribution in [0.15, 0.2) is 86.9 Å². The summed E-state index contributed by atoms with van der Waals surface area (Å²) in [5.41, 5.74) is 3.70. The number of aromatic nitrogens is 2. The van der Waals surface area contributed by atoms with Gasteiger partial charge >= 0.3 is 5.89 Å². The fourth-order valence-corrected chi connectivity index (χ4v) is 6.19. The number of para-hydroxylation sites is 4. The Morgan fingerprint density at radius 3 is 2.34 bits per heavy atom. The minimum Gasteiger partial charge on any atom is -0.744 e. The van der Waals surface area contributed by atoms with Crippen LogP contribution < -0.4 is 29.0 Å². The largest absolute Gasteiger partial charge is 0.744 e. The van der Waals surface area contributed by atoms with E-state index in [0.29, 0.717) is 17.0 Å². The molecular formula is C30H29N3O6S2. The number of fused-ring (bicyclic) bond motifs is 2. The quantitative estimate of drug-likeness (QED) is 0.233. The van der Waals surface area contributed by atoms with E-state index in [1.165, 1.54) is 23.5 Å². The average Bonchev–Trinajstić information content (AvgIpc) is 3.59. The molecule has 41 heavy (non-hydrogen) atoms. The van der Waals surface area contributed by atoms with E-state index in [1.54, 1.807) is 16.7 Å². The minimum atomic E-state index is -4.27. The van der Waals surface area contributed by atoms with E-state index < -0.39 is 10.1 Å². The highest BCUT2D eigenvalue weighted by molar-refractivity contribution is 7.85. The van der Waals surface area contributed by atoms with Crippen molar-refractivity contribution in [3.63, 3.8) is 0 Å². The van der Waals surface area contributed by atoms with Crippen molar-refractivity contribution in [2.75, 3.05) is 11.9 Å². The zero-order valence-electron chi connectivity index (χ0n) is 23.0. The number of oxazole rings is 1. The molecule has 0 spiro atoms. The van der Waals surface area contributed by atoms with E-state index >= 15 is 0 Å². The van der Waals surface area contributed by atoms with Gasteiger partial charge in [0.1, 0.15) is 21.3 Å². The SMILES string of the molecule is CCn1c(=O)/c(=C2/Oc3ccccc3N2C)s/c1=C/c1oc2ccccc2[n+]1CC.Cc1ccc(S(=O)(=O)[O-])cc1. The lowest BCUT2D eigenvalue weighted by Crippen LogP contribution is -2.36. The second-order valence-electron chi connectivity index (χ2n) is 9.32. The molecule has 0 unspecified atom stereocenters. The molecule has 9 nitrogen and oxygen atoms in total. The number of nitrogens with zero attached hydrogens (tertiary/aromatic N) is 3. The first kappa shape index (κ1) is 28.3. The topological polar surface area (TPSA) is 109 Å². The van der Waals surface area contributed by atoms with E-state index in [-0.39, 0.29) is 10.5 Å². The maximum absolute atomic E-state index is 13.2. The molecule has 6 rings (SSSR count). The molecule has 212 valence electrons. The van der Waals surface area contributed by atoms with Crippen molar-refractivity contribution in [2.24, 2.45) is 0 Å². The van der Waals surface area contributed by atoms with Gasteiger partial charge in [0.2, 0.25) is 11.5 Å². The fraction of sp³-hybridized carbons (Fsp3) is 0.200. The summed E-state index contributed by atoms with van der Waals surface area (Å²) in [4.78, 5) is 15.0. The van der Waals surface area contributed by atoms with E-state index in [4.69, 9.17) is 9.15 Å². The minimum absolute atomic E-state index is 0.0532. The molecule has 0 saturated heterocycles. The number of ether oxygens (including phenoxy) is 1. The zero-order valence-corrected chi connectivity index (χ0v) is 24.7. The van der Waals surface area contributed by atoms with Crippen molar-refractivity contribution in [3.8, 4) is 5.75 Å². The monoisotopic (exact) mass is 591 g/mol. The third-order valence-corrected chi connectivity index (χ3v) is 8.62. The Bertz CT molecular complexity index is 2020. The van der Waals surface area contributed by atoms with Crippen molar-refractivity contribution in [1.82, 2.24) is 4.57 Å². The Morgan fingerprint density at radius 1 is 1.00 bits per heavy atom. The van der Waals surface area contributed by atoms with Crippen LogP contribution in [0.3, 0.4) is 0 Å². The molecule has 0 radical (unpaired) electrons. The third kappa shape index (κ3) is 5.56. The highest BCUT2D eigenvalue weighted by Gasteiger charge is 2.26. The average molecular weight is 592 g/mol. The molecule has 1 aliphatic heterocycles. The van der Waals surface area contributed by atoms with E-state index in [1.807, 2.05) is 80.4 Å². The molecule has 5 aromatic rings. The van der Waals surface area contributed by atoms with Crippen molar-refractivity contribution < 1.29 is 26.7 Å². The number of rotatable bonds is 4. The molecule has 0 amide bonds. The van der Waals surface area contributed by atoms with Gasteiger partial charge in [0, 0.05) is 19.7 Å². The highest BCUT2D eigenvalue weighted by Crippen LogP contribution is 2.37. The summed E-state index contributed by atoms with van der Waals surface area (Å²) < 4.78 is 48.6. The van der Waals surface area contributed by atoms with E-state index in [0.717, 1.165) is 45.2 Å². The van der Waals surface area contributed by atoms with Gasteiger partial charge in [-0.05, 0) is 51.1 Å². The van der Waals surface area contributed by atoms with Crippen LogP contribution in [0.5, 0.6) is 5.75 Å². The van der Waals surface area contributed by atoms with Gasteiger partial charge in [0.15, 0.2) is 10.3 Å². The molecule has 3 heterocycles. The number of anilines is 1. The van der Waals surface area contributed by atoms with Gasteiger partial charge in [-0.1, -0.05) is 42.0 Å². The van der Waals surface area contributed by atoms with Crippen LogP contribution in [-0.4, -0.2) is 24.6 Å². The fourth-order valence-electron chi connectivity index (χ4n) is 4.57. The van der Waals surface area contributed by atoms with Gasteiger partial charge in [-0.3, -0.25) is 9.36 Å². The molecule has 0 aliphatic carbocycles. The van der Waals surface area contributed by atoms with Gasteiger partial charge in [-0.15, -0.1) is 11.3 Å². The van der Waals surface area contributed by atoms with Crippen molar-refractivity contribution >= 4 is 50.2 Å². The third-order valence-electron chi connectivity index (χ3n) is 6.67. The van der Waals surface area contributed by atoms with Gasteiger partial charge in [-0.25, -0.2) is 8.42 Å². The lowest BCUT2D eigenvalue weighted by atomic mass is 10.2. The number of thiazole rings is 1. The molecule has 0 fully saturated rings. The zero-order chi connectivity index (χ0) is 29.3. The second-order valence-corrected chi connectivity index (χ2v) is 11.7. The molecule has 1 aliphatic rings. The number of aryl methyl sites for hydroxylation is 2. The summed E-state index contributed by atoms with van der Waals surface area (Å²) >= 11 is 1.42. The first-order valence-electron chi connectivity index (χ1n) is 13.0. The Morgan fingerprint density at radius 2 is 1.68 bits per heavy atom. The Hall–Kier alpha value is -4.19. The maximum Gasteiger partial charge on any atom is 0.377 e. The lowest BCUT2D eigenvalue weighted by molar-refractivity contribution is -0.674.